The lowest BCUT2D eigenvalue weighted by Crippen LogP contribution is -2.54. The molecule has 29 heavy (non-hydrogen) atoms. The fourth-order valence-corrected chi connectivity index (χ4v) is 4.16. The lowest BCUT2D eigenvalue weighted by molar-refractivity contribution is 0.0713. The number of nitrogens with zero attached hydrogens (tertiary/aromatic N) is 3. The van der Waals surface area contributed by atoms with Crippen LogP contribution in [0.15, 0.2) is 53.1 Å². The van der Waals surface area contributed by atoms with Gasteiger partial charge in [0, 0.05) is 31.4 Å². The fourth-order valence-electron chi connectivity index (χ4n) is 4.16. The quantitative estimate of drug-likeness (QED) is 0.665. The monoisotopic (exact) mass is 389 g/mol. The van der Waals surface area contributed by atoms with Gasteiger partial charge in [-0.2, -0.15) is 0 Å². The Labute approximate surface area is 169 Å². The number of fused-ring (bicyclic) bond motifs is 3. The first-order valence-corrected chi connectivity index (χ1v) is 9.95. The molecular formula is C23H23N3O3. The topological polar surface area (TPSA) is 58.8 Å². The van der Waals surface area contributed by atoms with Crippen LogP contribution >= 0.6 is 0 Å². The summed E-state index contributed by atoms with van der Waals surface area (Å²) in [6.45, 7) is 6.62. The van der Waals surface area contributed by atoms with Gasteiger partial charge in [0.25, 0.3) is 5.91 Å². The van der Waals surface area contributed by atoms with Crippen molar-refractivity contribution in [1.82, 2.24) is 10.1 Å². The second-order valence-electron chi connectivity index (χ2n) is 7.75. The Kier molecular flexibility index (Phi) is 4.27. The summed E-state index contributed by atoms with van der Waals surface area (Å²) in [5.41, 5.74) is 4.39. The van der Waals surface area contributed by atoms with Gasteiger partial charge in [0.2, 0.25) is 0 Å². The van der Waals surface area contributed by atoms with Crippen LogP contribution in [0, 0.1) is 6.92 Å². The third-order valence-corrected chi connectivity index (χ3v) is 5.77. The fraction of sp³-hybridized carbons (Fsp3) is 0.304. The molecule has 0 N–H and O–H groups in total. The molecule has 5 rings (SSSR count). The number of aromatic nitrogens is 1. The zero-order chi connectivity index (χ0) is 20.0. The predicted octanol–water partition coefficient (Wildman–Crippen LogP) is 3.89. The van der Waals surface area contributed by atoms with E-state index in [-0.39, 0.29) is 11.9 Å². The van der Waals surface area contributed by atoms with Crippen molar-refractivity contribution in [3.63, 3.8) is 0 Å². The Balaban J connectivity index is 1.35. The Hall–Kier alpha value is -3.28. The number of para-hydroxylation sites is 1. The number of hydrogen-bond acceptors (Lipinski definition) is 5. The molecule has 1 amide bonds. The maximum atomic E-state index is 13.2. The van der Waals surface area contributed by atoms with Gasteiger partial charge in [-0.05, 0) is 38.1 Å². The SMILES string of the molecule is Cc1ccc(N2CCN(C(=O)c3noc4c3COc3ccccc3-4)C[C@@H]2C)cc1. The molecule has 0 saturated carbocycles. The average molecular weight is 389 g/mol. The third-order valence-electron chi connectivity index (χ3n) is 5.77. The number of carbonyl (C=O) groups is 1. The normalized spacial score (nSPS) is 18.1. The maximum Gasteiger partial charge on any atom is 0.276 e. The number of hydrogen-bond donors (Lipinski definition) is 0. The van der Waals surface area contributed by atoms with Crippen molar-refractivity contribution in [2.45, 2.75) is 26.5 Å². The van der Waals surface area contributed by atoms with Crippen LogP contribution < -0.4 is 9.64 Å². The Morgan fingerprint density at radius 1 is 1.10 bits per heavy atom. The maximum absolute atomic E-state index is 13.2. The molecule has 2 aliphatic rings. The summed E-state index contributed by atoms with van der Waals surface area (Å²) in [6, 6.07) is 16.4. The molecule has 0 aliphatic carbocycles. The van der Waals surface area contributed by atoms with Crippen molar-refractivity contribution >= 4 is 11.6 Å². The molecule has 1 atom stereocenters. The van der Waals surface area contributed by atoms with Gasteiger partial charge >= 0.3 is 0 Å². The number of rotatable bonds is 2. The van der Waals surface area contributed by atoms with Gasteiger partial charge in [-0.25, -0.2) is 0 Å². The van der Waals surface area contributed by atoms with Crippen LogP contribution in [0.2, 0.25) is 0 Å². The van der Waals surface area contributed by atoms with Crippen LogP contribution in [0.3, 0.4) is 0 Å². The first-order chi connectivity index (χ1) is 14.1. The second-order valence-corrected chi connectivity index (χ2v) is 7.75. The van der Waals surface area contributed by atoms with Crippen LogP contribution in [0.5, 0.6) is 5.75 Å². The molecule has 0 unspecified atom stereocenters. The molecule has 6 heteroatoms. The summed E-state index contributed by atoms with van der Waals surface area (Å²) in [5, 5.41) is 4.12. The number of carbonyl (C=O) groups excluding carboxylic acids is 1. The lowest BCUT2D eigenvalue weighted by atomic mass is 10.0. The first kappa shape index (κ1) is 17.8. The number of amides is 1. The standard InChI is InChI=1S/C23H23N3O3/c1-15-7-9-17(10-8-15)26-12-11-25(13-16(26)2)23(27)21-19-14-28-20-6-4-3-5-18(20)22(19)29-24-21/h3-10,16H,11-14H2,1-2H3/t16-/m0/s1. The van der Waals surface area contributed by atoms with E-state index < -0.39 is 0 Å². The highest BCUT2D eigenvalue weighted by molar-refractivity contribution is 5.96. The summed E-state index contributed by atoms with van der Waals surface area (Å²) in [6.07, 6.45) is 0. The minimum Gasteiger partial charge on any atom is -0.488 e. The Morgan fingerprint density at radius 2 is 1.90 bits per heavy atom. The summed E-state index contributed by atoms with van der Waals surface area (Å²) in [5.74, 6) is 1.31. The highest BCUT2D eigenvalue weighted by atomic mass is 16.5. The largest absolute Gasteiger partial charge is 0.488 e. The smallest absolute Gasteiger partial charge is 0.276 e. The van der Waals surface area contributed by atoms with Crippen LogP contribution in [0.1, 0.15) is 28.5 Å². The molecule has 2 aliphatic heterocycles. The van der Waals surface area contributed by atoms with Gasteiger partial charge < -0.3 is 19.1 Å². The molecule has 0 bridgehead atoms. The van der Waals surface area contributed by atoms with Crippen molar-refractivity contribution in [2.24, 2.45) is 0 Å². The predicted molar refractivity (Wildman–Crippen MR) is 110 cm³/mol. The molecule has 2 aromatic carbocycles. The highest BCUT2D eigenvalue weighted by Crippen LogP contribution is 2.38. The average Bonchev–Trinajstić information content (AvgIpc) is 3.18. The van der Waals surface area contributed by atoms with Gasteiger partial charge in [0.15, 0.2) is 11.5 Å². The van der Waals surface area contributed by atoms with E-state index in [0.29, 0.717) is 31.2 Å². The van der Waals surface area contributed by atoms with E-state index in [1.807, 2.05) is 29.2 Å². The van der Waals surface area contributed by atoms with Crippen LogP contribution in [0.4, 0.5) is 5.69 Å². The second kappa shape index (κ2) is 6.95. The summed E-state index contributed by atoms with van der Waals surface area (Å²) < 4.78 is 11.4. The number of aryl methyl sites for hydroxylation is 1. The molecule has 1 saturated heterocycles. The van der Waals surface area contributed by atoms with Gasteiger partial charge in [-0.3, -0.25) is 4.79 Å². The minimum atomic E-state index is -0.0895. The van der Waals surface area contributed by atoms with Crippen LogP contribution in [-0.4, -0.2) is 41.6 Å². The van der Waals surface area contributed by atoms with Gasteiger partial charge in [0.05, 0.1) is 11.1 Å². The molecule has 3 heterocycles. The zero-order valence-corrected chi connectivity index (χ0v) is 16.6. The number of benzene rings is 2. The van der Waals surface area contributed by atoms with E-state index in [1.165, 1.54) is 11.3 Å². The molecule has 1 aromatic heterocycles. The molecule has 148 valence electrons. The van der Waals surface area contributed by atoms with Crippen molar-refractivity contribution in [3.8, 4) is 17.1 Å². The number of ether oxygens (including phenoxy) is 1. The van der Waals surface area contributed by atoms with E-state index in [1.54, 1.807) is 0 Å². The van der Waals surface area contributed by atoms with Crippen LogP contribution in [0.25, 0.3) is 11.3 Å². The van der Waals surface area contributed by atoms with Crippen molar-refractivity contribution in [3.05, 3.63) is 65.4 Å². The summed E-state index contributed by atoms with van der Waals surface area (Å²) >= 11 is 0. The van der Waals surface area contributed by atoms with Crippen molar-refractivity contribution in [2.75, 3.05) is 24.5 Å². The minimum absolute atomic E-state index is 0.0895. The number of anilines is 1. The molecule has 3 aromatic rings. The van der Waals surface area contributed by atoms with Gasteiger partial charge in [0.1, 0.15) is 12.4 Å². The summed E-state index contributed by atoms with van der Waals surface area (Å²) in [4.78, 5) is 17.4. The molecule has 0 spiro atoms. The Bertz CT molecular complexity index is 1060. The van der Waals surface area contributed by atoms with Crippen molar-refractivity contribution in [1.29, 1.82) is 0 Å². The summed E-state index contributed by atoms with van der Waals surface area (Å²) in [7, 11) is 0. The van der Waals surface area contributed by atoms with E-state index in [9.17, 15) is 4.79 Å². The molecule has 0 radical (unpaired) electrons. The number of piperazine rings is 1. The highest BCUT2D eigenvalue weighted by Gasteiger charge is 2.33. The molecule has 6 nitrogen and oxygen atoms in total. The first-order valence-electron chi connectivity index (χ1n) is 9.95. The van der Waals surface area contributed by atoms with E-state index in [0.717, 1.165) is 23.4 Å². The van der Waals surface area contributed by atoms with Crippen LogP contribution in [-0.2, 0) is 6.61 Å². The van der Waals surface area contributed by atoms with Gasteiger partial charge in [-0.1, -0.05) is 35.0 Å². The Morgan fingerprint density at radius 3 is 2.69 bits per heavy atom. The molecular weight excluding hydrogens is 366 g/mol. The molecule has 1 fully saturated rings. The van der Waals surface area contributed by atoms with E-state index in [4.69, 9.17) is 9.26 Å². The van der Waals surface area contributed by atoms with E-state index >= 15 is 0 Å². The van der Waals surface area contributed by atoms with E-state index in [2.05, 4.69) is 48.2 Å². The lowest BCUT2D eigenvalue weighted by Gasteiger charge is -2.41. The van der Waals surface area contributed by atoms with Crippen molar-refractivity contribution < 1.29 is 14.1 Å². The third kappa shape index (κ3) is 3.05. The zero-order valence-electron chi connectivity index (χ0n) is 16.6. The van der Waals surface area contributed by atoms with Gasteiger partial charge in [-0.15, -0.1) is 0 Å².